The Labute approximate surface area is 214 Å². The summed E-state index contributed by atoms with van der Waals surface area (Å²) in [5.74, 6) is 0.671. The van der Waals surface area contributed by atoms with Crippen molar-refractivity contribution in [3.63, 3.8) is 0 Å². The van der Waals surface area contributed by atoms with Gasteiger partial charge in [-0.05, 0) is 38.9 Å². The number of H-pyrrole nitrogens is 1. The molecule has 1 aliphatic heterocycles. The number of hydrogen-bond acceptors (Lipinski definition) is 7. The number of hydrogen-bond donors (Lipinski definition) is 2. The number of ether oxygens (including phenoxy) is 1. The molecule has 8 nitrogen and oxygen atoms in total. The van der Waals surface area contributed by atoms with Crippen molar-refractivity contribution in [1.29, 1.82) is 5.26 Å². The van der Waals surface area contributed by atoms with Crippen molar-refractivity contribution in [3.05, 3.63) is 36.4 Å². The normalized spacial score (nSPS) is 11.7. The molecule has 0 unspecified atom stereocenters. The van der Waals surface area contributed by atoms with E-state index in [1.165, 1.54) is 32.4 Å². The Bertz CT molecular complexity index is 933. The van der Waals surface area contributed by atoms with Crippen LogP contribution in [-0.4, -0.2) is 58.7 Å². The van der Waals surface area contributed by atoms with Gasteiger partial charge in [-0.2, -0.15) is 15.5 Å². The molecule has 0 spiro atoms. The van der Waals surface area contributed by atoms with Crippen molar-refractivity contribution in [3.8, 4) is 17.2 Å². The highest BCUT2D eigenvalue weighted by Crippen LogP contribution is 2.31. The number of aromatic amines is 1. The first-order valence-corrected chi connectivity index (χ1v) is 13.4. The number of carbonyl (C=O) groups is 1. The summed E-state index contributed by atoms with van der Waals surface area (Å²) >= 11 is 1.55. The summed E-state index contributed by atoms with van der Waals surface area (Å²) < 4.78 is 6.24. The number of pyridine rings is 1. The lowest BCUT2D eigenvalue weighted by molar-refractivity contribution is -0.107. The third-order valence-corrected chi connectivity index (χ3v) is 5.58. The summed E-state index contributed by atoms with van der Waals surface area (Å²) in [4.78, 5) is 11.4. The number of nitriles is 1. The predicted octanol–water partition coefficient (Wildman–Crippen LogP) is 5.74. The largest absolute Gasteiger partial charge is 0.385 e. The van der Waals surface area contributed by atoms with E-state index in [4.69, 9.17) is 0 Å². The molecule has 0 aromatic carbocycles. The Balaban J connectivity index is 0.000000682. The first-order valence-electron chi connectivity index (χ1n) is 12.4. The average Bonchev–Trinajstić information content (AvgIpc) is 3.63. The minimum absolute atomic E-state index is 0.475. The van der Waals surface area contributed by atoms with Crippen molar-refractivity contribution < 1.29 is 9.53 Å². The van der Waals surface area contributed by atoms with Crippen LogP contribution >= 0.6 is 11.8 Å². The molecule has 1 fully saturated rings. The number of aromatic nitrogens is 4. The summed E-state index contributed by atoms with van der Waals surface area (Å²) in [6, 6.07) is 4.15. The minimum Gasteiger partial charge on any atom is -0.385 e. The SMILES string of the molecule is C1CCNCC1.CC.CC.CCOC.N#Cc1cnn2cc(-c3cn[nH]c3)cc(SCCC=O)c12. The van der Waals surface area contributed by atoms with E-state index in [-0.39, 0.29) is 0 Å². The van der Waals surface area contributed by atoms with Gasteiger partial charge in [0.15, 0.2) is 0 Å². The molecular weight excluding hydrogens is 460 g/mol. The predicted molar refractivity (Wildman–Crippen MR) is 146 cm³/mol. The van der Waals surface area contributed by atoms with Crippen molar-refractivity contribution in [2.75, 3.05) is 32.6 Å². The zero-order valence-electron chi connectivity index (χ0n) is 22.1. The van der Waals surface area contributed by atoms with Crippen LogP contribution in [0.5, 0.6) is 0 Å². The summed E-state index contributed by atoms with van der Waals surface area (Å²) in [5, 5.41) is 23.4. The summed E-state index contributed by atoms with van der Waals surface area (Å²) in [6.45, 7) is 13.3. The van der Waals surface area contributed by atoms with Crippen molar-refractivity contribution in [2.24, 2.45) is 0 Å². The van der Waals surface area contributed by atoms with Crippen LogP contribution in [0.3, 0.4) is 0 Å². The fourth-order valence-corrected chi connectivity index (χ4v) is 3.85. The molecule has 0 atom stereocenters. The summed E-state index contributed by atoms with van der Waals surface area (Å²) in [6.07, 6.45) is 12.5. The molecule has 1 saturated heterocycles. The third kappa shape index (κ3) is 12.0. The van der Waals surface area contributed by atoms with Crippen LogP contribution in [0.15, 0.2) is 35.7 Å². The Hall–Kier alpha value is -2.67. The molecule has 3 aromatic heterocycles. The smallest absolute Gasteiger partial charge is 0.120 e. The van der Waals surface area contributed by atoms with Gasteiger partial charge in [-0.3, -0.25) is 5.10 Å². The molecule has 194 valence electrons. The number of carbonyl (C=O) groups excluding carboxylic acids is 1. The van der Waals surface area contributed by atoms with E-state index in [0.29, 0.717) is 17.7 Å². The number of nitrogens with one attached hydrogen (secondary N) is 2. The lowest BCUT2D eigenvalue weighted by atomic mass is 10.1. The van der Waals surface area contributed by atoms with Gasteiger partial charge in [0.05, 0.1) is 23.5 Å². The topological polar surface area (TPSA) is 108 Å². The van der Waals surface area contributed by atoms with Crippen molar-refractivity contribution in [2.45, 2.75) is 65.2 Å². The minimum atomic E-state index is 0.475. The maximum atomic E-state index is 10.5. The number of methoxy groups -OCH3 is 1. The van der Waals surface area contributed by atoms with Crippen LogP contribution in [-0.2, 0) is 9.53 Å². The second-order valence-corrected chi connectivity index (χ2v) is 7.87. The maximum Gasteiger partial charge on any atom is 0.120 e. The molecule has 1 aliphatic rings. The molecule has 0 bridgehead atoms. The number of piperidine rings is 1. The van der Waals surface area contributed by atoms with Crippen LogP contribution in [0.4, 0.5) is 0 Å². The van der Waals surface area contributed by atoms with Crippen molar-refractivity contribution in [1.82, 2.24) is 25.1 Å². The quantitative estimate of drug-likeness (QED) is 0.251. The number of rotatable bonds is 6. The monoisotopic (exact) mass is 502 g/mol. The van der Waals surface area contributed by atoms with E-state index in [1.54, 1.807) is 42.0 Å². The second kappa shape index (κ2) is 21.8. The molecule has 4 rings (SSSR count). The molecule has 0 aliphatic carbocycles. The van der Waals surface area contributed by atoms with Gasteiger partial charge in [-0.1, -0.05) is 34.1 Å². The highest BCUT2D eigenvalue weighted by Gasteiger charge is 2.12. The van der Waals surface area contributed by atoms with Gasteiger partial charge >= 0.3 is 0 Å². The summed E-state index contributed by atoms with van der Waals surface area (Å²) in [7, 11) is 1.68. The van der Waals surface area contributed by atoms with E-state index in [0.717, 1.165) is 34.4 Å². The first-order chi connectivity index (χ1) is 17.2. The van der Waals surface area contributed by atoms with Crippen LogP contribution < -0.4 is 5.32 Å². The van der Waals surface area contributed by atoms with Gasteiger partial charge in [0.25, 0.3) is 0 Å². The Morgan fingerprint density at radius 1 is 1.17 bits per heavy atom. The number of aldehydes is 1. The molecular formula is C26H42N6O2S. The molecule has 9 heteroatoms. The van der Waals surface area contributed by atoms with Crippen molar-refractivity contribution >= 4 is 23.6 Å². The molecule has 0 radical (unpaired) electrons. The fraction of sp³-hybridized carbons (Fsp3) is 0.538. The number of nitrogens with zero attached hydrogens (tertiary/aromatic N) is 4. The van der Waals surface area contributed by atoms with E-state index >= 15 is 0 Å². The lowest BCUT2D eigenvalue weighted by Crippen LogP contribution is -2.21. The molecule has 4 heterocycles. The molecule has 0 saturated carbocycles. The molecule has 35 heavy (non-hydrogen) atoms. The zero-order valence-corrected chi connectivity index (χ0v) is 23.0. The second-order valence-electron chi connectivity index (χ2n) is 6.74. The Morgan fingerprint density at radius 2 is 1.86 bits per heavy atom. The zero-order chi connectivity index (χ0) is 26.3. The van der Waals surface area contributed by atoms with E-state index in [1.807, 2.05) is 46.9 Å². The van der Waals surface area contributed by atoms with Crippen LogP contribution in [0.1, 0.15) is 65.9 Å². The van der Waals surface area contributed by atoms with Gasteiger partial charge < -0.3 is 14.8 Å². The van der Waals surface area contributed by atoms with Crippen LogP contribution in [0.2, 0.25) is 0 Å². The van der Waals surface area contributed by atoms with Gasteiger partial charge in [0, 0.05) is 54.3 Å². The maximum absolute atomic E-state index is 10.5. The summed E-state index contributed by atoms with van der Waals surface area (Å²) in [5.41, 5.74) is 3.21. The van der Waals surface area contributed by atoms with Crippen LogP contribution in [0, 0.1) is 11.3 Å². The third-order valence-electron chi connectivity index (χ3n) is 4.52. The Morgan fingerprint density at radius 3 is 2.31 bits per heavy atom. The van der Waals surface area contributed by atoms with E-state index in [2.05, 4.69) is 31.4 Å². The molecule has 2 N–H and O–H groups in total. The Kier molecular flexibility index (Phi) is 20.2. The molecule has 3 aromatic rings. The van der Waals surface area contributed by atoms with E-state index < -0.39 is 0 Å². The number of fused-ring (bicyclic) bond motifs is 1. The first kappa shape index (κ1) is 32.3. The van der Waals surface area contributed by atoms with Gasteiger partial charge in [0.2, 0.25) is 0 Å². The highest BCUT2D eigenvalue weighted by atomic mass is 32.2. The molecule has 0 amide bonds. The van der Waals surface area contributed by atoms with Gasteiger partial charge in [-0.15, -0.1) is 11.8 Å². The number of thioether (sulfide) groups is 1. The van der Waals surface area contributed by atoms with Crippen LogP contribution in [0.25, 0.3) is 16.6 Å². The van der Waals surface area contributed by atoms with E-state index in [9.17, 15) is 10.1 Å². The standard InChI is InChI=1S/C14H11N5OS.C5H11N.C3H8O.2C2H6/c15-5-11-8-18-19-9-10(12-6-16-17-7-12)4-13(14(11)19)21-3-1-2-20;1-2-4-6-5-3-1;1-3-4-2;2*1-2/h2,4,6-9H,1,3H2,(H,16,17);6H,1-5H2;3H2,1-2H3;2*1-2H3. The average molecular weight is 503 g/mol. The highest BCUT2D eigenvalue weighted by molar-refractivity contribution is 7.99. The van der Waals surface area contributed by atoms with Gasteiger partial charge in [0.1, 0.15) is 12.4 Å². The van der Waals surface area contributed by atoms with Gasteiger partial charge in [-0.25, -0.2) is 4.52 Å². The lowest BCUT2D eigenvalue weighted by Gasteiger charge is -2.08. The fourth-order valence-electron chi connectivity index (χ4n) is 2.86.